The lowest BCUT2D eigenvalue weighted by Crippen LogP contribution is -2.15. The minimum atomic E-state index is -0.898. The molecule has 0 aliphatic carbocycles. The van der Waals surface area contributed by atoms with Crippen molar-refractivity contribution in [1.82, 2.24) is 9.78 Å². The van der Waals surface area contributed by atoms with Crippen LogP contribution in [0.3, 0.4) is 0 Å². The number of carbonyl (C=O) groups excluding carboxylic acids is 1. The number of halogens is 2. The Balaban J connectivity index is 1.56. The van der Waals surface area contributed by atoms with Gasteiger partial charge in [0.2, 0.25) is 0 Å². The van der Waals surface area contributed by atoms with Gasteiger partial charge in [-0.05, 0) is 47.3 Å². The van der Waals surface area contributed by atoms with Crippen LogP contribution in [0.4, 0.5) is 14.5 Å². The summed E-state index contributed by atoms with van der Waals surface area (Å²) in [4.78, 5) is 13.3. The molecule has 2 heterocycles. The van der Waals surface area contributed by atoms with E-state index < -0.39 is 23.1 Å². The normalized spacial score (nSPS) is 10.8. The van der Waals surface area contributed by atoms with Crippen LogP contribution in [0, 0.1) is 11.6 Å². The van der Waals surface area contributed by atoms with Crippen LogP contribution in [0.15, 0.2) is 66.0 Å². The zero-order valence-electron chi connectivity index (χ0n) is 14.8. The first-order valence-corrected chi connectivity index (χ1v) is 9.34. The van der Waals surface area contributed by atoms with Crippen LogP contribution < -0.4 is 5.32 Å². The molecule has 4 aromatic rings. The van der Waals surface area contributed by atoms with Crippen molar-refractivity contribution in [3.8, 4) is 21.8 Å². The van der Waals surface area contributed by atoms with Gasteiger partial charge in [-0.1, -0.05) is 24.3 Å². The lowest BCUT2D eigenvalue weighted by atomic mass is 10.1. The number of rotatable bonds is 4. The van der Waals surface area contributed by atoms with E-state index in [2.05, 4.69) is 10.4 Å². The van der Waals surface area contributed by atoms with E-state index in [1.807, 2.05) is 42.8 Å². The lowest BCUT2D eigenvalue weighted by molar-refractivity contribution is 0.101. The summed E-state index contributed by atoms with van der Waals surface area (Å²) < 4.78 is 29.3. The maximum atomic E-state index is 13.7. The average molecular weight is 395 g/mol. The number of hydrogen-bond acceptors (Lipinski definition) is 3. The van der Waals surface area contributed by atoms with Gasteiger partial charge in [-0.2, -0.15) is 5.10 Å². The molecular weight excluding hydrogens is 380 g/mol. The van der Waals surface area contributed by atoms with E-state index in [0.29, 0.717) is 5.69 Å². The number of aromatic nitrogens is 2. The van der Waals surface area contributed by atoms with Gasteiger partial charge in [-0.15, -0.1) is 11.3 Å². The fourth-order valence-corrected chi connectivity index (χ4v) is 3.60. The summed E-state index contributed by atoms with van der Waals surface area (Å²) >= 11 is 1.62. The molecule has 0 bridgehead atoms. The third-order valence-electron chi connectivity index (χ3n) is 4.28. The Morgan fingerprint density at radius 2 is 1.75 bits per heavy atom. The molecule has 1 amide bonds. The molecule has 0 saturated carbocycles. The average Bonchev–Trinajstić information content (AvgIpc) is 3.32. The highest BCUT2D eigenvalue weighted by atomic mass is 32.1. The summed E-state index contributed by atoms with van der Waals surface area (Å²) in [6.07, 6.45) is 0. The van der Waals surface area contributed by atoms with Gasteiger partial charge in [0.05, 0.1) is 10.6 Å². The number of benzene rings is 2. The summed E-state index contributed by atoms with van der Waals surface area (Å²) in [6, 6.07) is 16.3. The molecule has 2 aromatic heterocycles. The fourth-order valence-electron chi connectivity index (χ4n) is 2.91. The van der Waals surface area contributed by atoms with Crippen LogP contribution in [0.1, 0.15) is 10.4 Å². The molecule has 140 valence electrons. The summed E-state index contributed by atoms with van der Waals surface area (Å²) in [5, 5.41) is 9.05. The zero-order chi connectivity index (χ0) is 19.7. The molecule has 0 saturated heterocycles. The first kappa shape index (κ1) is 18.1. The number of nitrogens with one attached hydrogen (secondary N) is 1. The number of amides is 1. The highest BCUT2D eigenvalue weighted by molar-refractivity contribution is 7.13. The Morgan fingerprint density at radius 1 is 1.04 bits per heavy atom. The number of hydrogen-bond donors (Lipinski definition) is 1. The molecular formula is C21H15F2N3OS. The van der Waals surface area contributed by atoms with Crippen molar-refractivity contribution in [2.75, 3.05) is 5.32 Å². The second-order valence-electron chi connectivity index (χ2n) is 6.14. The van der Waals surface area contributed by atoms with Gasteiger partial charge in [0.25, 0.3) is 5.91 Å². The van der Waals surface area contributed by atoms with Crippen LogP contribution >= 0.6 is 11.3 Å². The van der Waals surface area contributed by atoms with E-state index in [9.17, 15) is 13.6 Å². The van der Waals surface area contributed by atoms with Crippen LogP contribution in [0.5, 0.6) is 0 Å². The fraction of sp³-hybridized carbons (Fsp3) is 0.0476. The van der Waals surface area contributed by atoms with Crippen molar-refractivity contribution >= 4 is 22.9 Å². The topological polar surface area (TPSA) is 46.9 Å². The molecule has 4 nitrogen and oxygen atoms in total. The van der Waals surface area contributed by atoms with Gasteiger partial charge in [0.15, 0.2) is 0 Å². The Labute approximate surface area is 164 Å². The van der Waals surface area contributed by atoms with Crippen molar-refractivity contribution in [1.29, 1.82) is 0 Å². The quantitative estimate of drug-likeness (QED) is 0.507. The van der Waals surface area contributed by atoms with Crippen LogP contribution in [0.2, 0.25) is 0 Å². The van der Waals surface area contributed by atoms with E-state index in [1.165, 1.54) is 6.07 Å². The Kier molecular flexibility index (Phi) is 4.75. The van der Waals surface area contributed by atoms with Gasteiger partial charge < -0.3 is 5.32 Å². The van der Waals surface area contributed by atoms with E-state index in [-0.39, 0.29) is 0 Å². The second-order valence-corrected chi connectivity index (χ2v) is 7.09. The molecule has 0 aliphatic heterocycles. The van der Waals surface area contributed by atoms with E-state index >= 15 is 0 Å². The molecule has 1 N–H and O–H groups in total. The van der Waals surface area contributed by atoms with Crippen molar-refractivity contribution in [3.05, 3.63) is 83.2 Å². The summed E-state index contributed by atoms with van der Waals surface area (Å²) in [5.41, 5.74) is 2.56. The summed E-state index contributed by atoms with van der Waals surface area (Å²) in [5.74, 6) is -2.63. The second kappa shape index (κ2) is 7.36. The van der Waals surface area contributed by atoms with Crippen molar-refractivity contribution in [2.24, 2.45) is 7.05 Å². The standard InChI is InChI=1S/C21H15F2N3OS/c1-26-18(12-17(25-26)19-6-3-11-28-19)13-7-9-14(10-8-13)24-21(27)20-15(22)4-2-5-16(20)23/h2-12H,1H3,(H,24,27). The largest absolute Gasteiger partial charge is 0.322 e. The first-order valence-electron chi connectivity index (χ1n) is 8.46. The monoisotopic (exact) mass is 395 g/mol. The number of nitrogens with zero attached hydrogens (tertiary/aromatic N) is 2. The number of anilines is 1. The molecule has 0 unspecified atom stereocenters. The van der Waals surface area contributed by atoms with Gasteiger partial charge >= 0.3 is 0 Å². The predicted octanol–water partition coefficient (Wildman–Crippen LogP) is 5.35. The Hall–Kier alpha value is -3.32. The highest BCUT2D eigenvalue weighted by Crippen LogP contribution is 2.29. The zero-order valence-corrected chi connectivity index (χ0v) is 15.6. The lowest BCUT2D eigenvalue weighted by Gasteiger charge is -2.08. The number of thiophene rings is 1. The van der Waals surface area contributed by atoms with E-state index in [1.54, 1.807) is 28.2 Å². The van der Waals surface area contributed by atoms with Crippen molar-refractivity contribution < 1.29 is 13.6 Å². The van der Waals surface area contributed by atoms with Gasteiger partial charge in [-0.25, -0.2) is 8.78 Å². The maximum absolute atomic E-state index is 13.7. The molecule has 0 atom stereocenters. The molecule has 0 fully saturated rings. The molecule has 0 radical (unpaired) electrons. The first-order chi connectivity index (χ1) is 13.5. The molecule has 2 aromatic carbocycles. The Morgan fingerprint density at radius 3 is 2.39 bits per heavy atom. The van der Waals surface area contributed by atoms with E-state index in [4.69, 9.17) is 0 Å². The molecule has 0 aliphatic rings. The van der Waals surface area contributed by atoms with E-state index in [0.717, 1.165) is 34.0 Å². The third kappa shape index (κ3) is 3.44. The highest BCUT2D eigenvalue weighted by Gasteiger charge is 2.17. The van der Waals surface area contributed by atoms with Gasteiger partial charge in [0.1, 0.15) is 22.9 Å². The minimum Gasteiger partial charge on any atom is -0.322 e. The van der Waals surface area contributed by atoms with Crippen LogP contribution in [0.25, 0.3) is 21.8 Å². The van der Waals surface area contributed by atoms with Gasteiger partial charge in [-0.3, -0.25) is 9.48 Å². The maximum Gasteiger partial charge on any atom is 0.261 e. The molecule has 28 heavy (non-hydrogen) atoms. The van der Waals surface area contributed by atoms with Crippen molar-refractivity contribution in [3.63, 3.8) is 0 Å². The third-order valence-corrected chi connectivity index (χ3v) is 5.17. The smallest absolute Gasteiger partial charge is 0.261 e. The summed E-state index contributed by atoms with van der Waals surface area (Å²) in [6.45, 7) is 0. The molecule has 0 spiro atoms. The predicted molar refractivity (Wildman–Crippen MR) is 106 cm³/mol. The van der Waals surface area contributed by atoms with Crippen LogP contribution in [-0.2, 0) is 7.05 Å². The van der Waals surface area contributed by atoms with Crippen molar-refractivity contribution in [2.45, 2.75) is 0 Å². The van der Waals surface area contributed by atoms with Gasteiger partial charge in [0, 0.05) is 12.7 Å². The van der Waals surface area contributed by atoms with Crippen LogP contribution in [-0.4, -0.2) is 15.7 Å². The molecule has 4 rings (SSSR count). The number of carbonyl (C=O) groups is 1. The SMILES string of the molecule is Cn1nc(-c2cccs2)cc1-c1ccc(NC(=O)c2c(F)cccc2F)cc1. The Bertz CT molecular complexity index is 1110. The summed E-state index contributed by atoms with van der Waals surface area (Å²) in [7, 11) is 1.86. The molecule has 7 heteroatoms. The minimum absolute atomic E-state index is 0.442. The number of aryl methyl sites for hydroxylation is 1.